The average Bonchev–Trinajstić information content (AvgIpc) is 2.84. The van der Waals surface area contributed by atoms with Crippen LogP contribution in [0.5, 0.6) is 5.75 Å². The molecule has 2 aliphatic heterocycles. The predicted molar refractivity (Wildman–Crippen MR) is 117 cm³/mol. The van der Waals surface area contributed by atoms with Gasteiger partial charge in [0.2, 0.25) is 11.8 Å². The number of nitrogens with zero attached hydrogens (tertiary/aromatic N) is 2. The smallest absolute Gasteiger partial charge is 0.257 e. The van der Waals surface area contributed by atoms with E-state index >= 15 is 0 Å². The Morgan fingerprint density at radius 1 is 1.09 bits per heavy atom. The summed E-state index contributed by atoms with van der Waals surface area (Å²) < 4.78 is 11.2. The van der Waals surface area contributed by atoms with Gasteiger partial charge in [0.25, 0.3) is 5.91 Å². The molecule has 0 aliphatic carbocycles. The highest BCUT2D eigenvalue weighted by atomic mass is 16.5. The molecule has 32 heavy (non-hydrogen) atoms. The Labute approximate surface area is 187 Å². The third-order valence-corrected chi connectivity index (χ3v) is 5.98. The molecule has 0 bridgehead atoms. The number of piperazine rings is 2. The minimum absolute atomic E-state index is 0.139. The highest BCUT2D eigenvalue weighted by molar-refractivity contribution is 6.00. The highest BCUT2D eigenvalue weighted by Gasteiger charge is 2.46. The molecule has 8 heteroatoms. The number of nitrogens with one attached hydrogen (secondary N) is 1. The van der Waals surface area contributed by atoms with Gasteiger partial charge >= 0.3 is 0 Å². The summed E-state index contributed by atoms with van der Waals surface area (Å²) in [5.41, 5.74) is 1.43. The average molecular weight is 437 g/mol. The normalized spacial score (nSPS) is 21.6. The van der Waals surface area contributed by atoms with Gasteiger partial charge in [-0.3, -0.25) is 14.4 Å². The molecule has 2 aromatic carbocycles. The van der Waals surface area contributed by atoms with E-state index in [4.69, 9.17) is 9.47 Å². The first-order chi connectivity index (χ1) is 15.5. The number of fused-ring (bicyclic) bond motifs is 1. The van der Waals surface area contributed by atoms with Crippen molar-refractivity contribution in [1.82, 2.24) is 15.1 Å². The minimum Gasteiger partial charge on any atom is -0.496 e. The molecular weight excluding hydrogens is 410 g/mol. The lowest BCUT2D eigenvalue weighted by atomic mass is 10.0. The second-order valence-electron chi connectivity index (χ2n) is 7.99. The van der Waals surface area contributed by atoms with Gasteiger partial charge in [0, 0.05) is 13.1 Å². The lowest BCUT2D eigenvalue weighted by Crippen LogP contribution is -2.71. The SMILES string of the molecule is COc1ccccc1C(=O)N1CCN2C(=O)[C@H]([C@@H](C)OCc3ccccc3)NC(=O)[C@H]2C1. The van der Waals surface area contributed by atoms with Crippen molar-refractivity contribution in [3.8, 4) is 5.75 Å². The molecule has 0 saturated carbocycles. The summed E-state index contributed by atoms with van der Waals surface area (Å²) in [5.74, 6) is -0.195. The summed E-state index contributed by atoms with van der Waals surface area (Å²) in [7, 11) is 1.51. The van der Waals surface area contributed by atoms with Crippen LogP contribution in [0.3, 0.4) is 0 Å². The summed E-state index contributed by atoms with van der Waals surface area (Å²) in [5, 5.41) is 2.81. The summed E-state index contributed by atoms with van der Waals surface area (Å²) in [6.45, 7) is 2.92. The van der Waals surface area contributed by atoms with Crippen molar-refractivity contribution in [2.45, 2.75) is 31.7 Å². The van der Waals surface area contributed by atoms with Gasteiger partial charge in [0.05, 0.1) is 31.9 Å². The van der Waals surface area contributed by atoms with E-state index in [0.717, 1.165) is 5.56 Å². The van der Waals surface area contributed by atoms with Gasteiger partial charge in [0.1, 0.15) is 17.8 Å². The first kappa shape index (κ1) is 21.8. The fraction of sp³-hybridized carbons (Fsp3) is 0.375. The largest absolute Gasteiger partial charge is 0.496 e. The molecule has 3 amide bonds. The molecule has 0 radical (unpaired) electrons. The summed E-state index contributed by atoms with van der Waals surface area (Å²) in [6.07, 6.45) is -0.485. The number of rotatable bonds is 6. The second-order valence-corrected chi connectivity index (χ2v) is 7.99. The maximum absolute atomic E-state index is 13.1. The van der Waals surface area contributed by atoms with Crippen LogP contribution >= 0.6 is 0 Å². The standard InChI is InChI=1S/C24H27N3O5/c1-16(32-15-17-8-4-3-5-9-17)21-24(30)27-13-12-26(14-19(27)22(28)25-21)23(29)18-10-6-7-11-20(18)31-2/h3-11,16,19,21H,12-15H2,1-2H3,(H,25,28)/t16-,19-,21+/m1/s1. The first-order valence-corrected chi connectivity index (χ1v) is 10.7. The topological polar surface area (TPSA) is 88.2 Å². The van der Waals surface area contributed by atoms with E-state index in [9.17, 15) is 14.4 Å². The zero-order chi connectivity index (χ0) is 22.7. The number of hydrogen-bond donors (Lipinski definition) is 1. The molecule has 0 unspecified atom stereocenters. The van der Waals surface area contributed by atoms with Gasteiger partial charge in [-0.2, -0.15) is 0 Å². The molecule has 1 N–H and O–H groups in total. The molecule has 0 spiro atoms. The molecule has 2 fully saturated rings. The summed E-state index contributed by atoms with van der Waals surface area (Å²) in [6, 6.07) is 15.2. The number of methoxy groups -OCH3 is 1. The van der Waals surface area contributed by atoms with Gasteiger partial charge < -0.3 is 24.6 Å². The van der Waals surface area contributed by atoms with Crippen molar-refractivity contribution in [1.29, 1.82) is 0 Å². The van der Waals surface area contributed by atoms with Crippen LogP contribution in [0.15, 0.2) is 54.6 Å². The molecule has 8 nitrogen and oxygen atoms in total. The third kappa shape index (κ3) is 4.31. The molecule has 2 heterocycles. The second kappa shape index (κ2) is 9.40. The monoisotopic (exact) mass is 437 g/mol. The Bertz CT molecular complexity index is 996. The Morgan fingerprint density at radius 2 is 1.81 bits per heavy atom. The number of ether oxygens (including phenoxy) is 2. The van der Waals surface area contributed by atoms with Crippen molar-refractivity contribution in [3.05, 3.63) is 65.7 Å². The van der Waals surface area contributed by atoms with Crippen LogP contribution in [0.2, 0.25) is 0 Å². The molecular formula is C24H27N3O5. The molecule has 168 valence electrons. The Hall–Kier alpha value is -3.39. The minimum atomic E-state index is -0.751. The number of para-hydroxylation sites is 1. The van der Waals surface area contributed by atoms with Crippen LogP contribution in [0.4, 0.5) is 0 Å². The maximum Gasteiger partial charge on any atom is 0.257 e. The van der Waals surface area contributed by atoms with E-state index in [0.29, 0.717) is 31.0 Å². The quantitative estimate of drug-likeness (QED) is 0.739. The Morgan fingerprint density at radius 3 is 2.56 bits per heavy atom. The maximum atomic E-state index is 13.1. The predicted octanol–water partition coefficient (Wildman–Crippen LogP) is 1.45. The fourth-order valence-corrected chi connectivity index (χ4v) is 4.15. The van der Waals surface area contributed by atoms with E-state index in [1.807, 2.05) is 30.3 Å². The van der Waals surface area contributed by atoms with Crippen molar-refractivity contribution >= 4 is 17.7 Å². The van der Waals surface area contributed by atoms with Crippen LogP contribution in [0.25, 0.3) is 0 Å². The summed E-state index contributed by atoms with van der Waals surface area (Å²) in [4.78, 5) is 42.2. The van der Waals surface area contributed by atoms with E-state index in [2.05, 4.69) is 5.32 Å². The number of benzene rings is 2. The molecule has 4 rings (SSSR count). The molecule has 0 aromatic heterocycles. The lowest BCUT2D eigenvalue weighted by Gasteiger charge is -2.46. The zero-order valence-corrected chi connectivity index (χ0v) is 18.2. The van der Waals surface area contributed by atoms with Crippen molar-refractivity contribution in [2.24, 2.45) is 0 Å². The van der Waals surface area contributed by atoms with E-state index in [1.54, 1.807) is 41.0 Å². The van der Waals surface area contributed by atoms with Gasteiger partial charge in [-0.1, -0.05) is 42.5 Å². The van der Waals surface area contributed by atoms with E-state index in [-0.39, 0.29) is 24.3 Å². The van der Waals surface area contributed by atoms with Crippen LogP contribution in [-0.2, 0) is 20.9 Å². The van der Waals surface area contributed by atoms with Crippen LogP contribution in [0, 0.1) is 0 Å². The van der Waals surface area contributed by atoms with Crippen molar-refractivity contribution < 1.29 is 23.9 Å². The number of amides is 3. The van der Waals surface area contributed by atoms with Gasteiger partial charge in [-0.25, -0.2) is 0 Å². The van der Waals surface area contributed by atoms with Gasteiger partial charge in [-0.05, 0) is 24.6 Å². The van der Waals surface area contributed by atoms with Crippen LogP contribution in [-0.4, -0.2) is 72.5 Å². The summed E-state index contributed by atoms with van der Waals surface area (Å²) >= 11 is 0. The molecule has 2 aliphatic rings. The number of carbonyl (C=O) groups excluding carboxylic acids is 3. The van der Waals surface area contributed by atoms with Crippen LogP contribution < -0.4 is 10.1 Å². The first-order valence-electron chi connectivity index (χ1n) is 10.7. The molecule has 2 saturated heterocycles. The molecule has 3 atom stereocenters. The zero-order valence-electron chi connectivity index (χ0n) is 18.2. The van der Waals surface area contributed by atoms with E-state index in [1.165, 1.54) is 7.11 Å². The Kier molecular flexibility index (Phi) is 6.41. The third-order valence-electron chi connectivity index (χ3n) is 5.98. The Balaban J connectivity index is 1.41. The fourth-order valence-electron chi connectivity index (χ4n) is 4.15. The number of hydrogen-bond acceptors (Lipinski definition) is 5. The van der Waals surface area contributed by atoms with Gasteiger partial charge in [-0.15, -0.1) is 0 Å². The van der Waals surface area contributed by atoms with E-state index < -0.39 is 18.2 Å². The van der Waals surface area contributed by atoms with Crippen LogP contribution in [0.1, 0.15) is 22.8 Å². The number of carbonyl (C=O) groups is 3. The van der Waals surface area contributed by atoms with Crippen molar-refractivity contribution in [3.63, 3.8) is 0 Å². The van der Waals surface area contributed by atoms with Crippen molar-refractivity contribution in [2.75, 3.05) is 26.7 Å². The lowest BCUT2D eigenvalue weighted by molar-refractivity contribution is -0.156. The van der Waals surface area contributed by atoms with Gasteiger partial charge in [0.15, 0.2) is 0 Å². The molecule has 2 aromatic rings. The highest BCUT2D eigenvalue weighted by Crippen LogP contribution is 2.24.